The van der Waals surface area contributed by atoms with E-state index in [0.29, 0.717) is 6.54 Å². The van der Waals surface area contributed by atoms with E-state index in [-0.39, 0.29) is 5.56 Å². The van der Waals surface area contributed by atoms with Gasteiger partial charge in [-0.15, -0.1) is 11.3 Å². The van der Waals surface area contributed by atoms with Crippen LogP contribution in [0.1, 0.15) is 12.5 Å². The summed E-state index contributed by atoms with van der Waals surface area (Å²) in [7, 11) is 0. The molecule has 3 nitrogen and oxygen atoms in total. The molecule has 0 aliphatic rings. The molecule has 22 heavy (non-hydrogen) atoms. The van der Waals surface area contributed by atoms with Crippen molar-refractivity contribution < 1.29 is 0 Å². The monoisotopic (exact) mass is 328 g/mol. The number of benzene rings is 1. The Morgan fingerprint density at radius 1 is 1.27 bits per heavy atom. The summed E-state index contributed by atoms with van der Waals surface area (Å²) in [6, 6.07) is 12.1. The van der Waals surface area contributed by atoms with Gasteiger partial charge in [-0.2, -0.15) is 0 Å². The third-order valence-corrected chi connectivity index (χ3v) is 5.09. The second-order valence-electron chi connectivity index (χ2n) is 4.70. The molecule has 3 rings (SSSR count). The highest BCUT2D eigenvalue weighted by Crippen LogP contribution is 2.21. The van der Waals surface area contributed by atoms with Gasteiger partial charge in [-0.1, -0.05) is 54.2 Å². The Bertz CT molecular complexity index is 850. The Balaban J connectivity index is 1.79. The first-order chi connectivity index (χ1) is 10.8. The minimum Gasteiger partial charge on any atom is -0.287 e. The summed E-state index contributed by atoms with van der Waals surface area (Å²) in [5, 5.41) is 2.71. The van der Waals surface area contributed by atoms with Crippen LogP contribution >= 0.6 is 23.1 Å². The summed E-state index contributed by atoms with van der Waals surface area (Å²) >= 11 is 3.05. The van der Waals surface area contributed by atoms with Crippen molar-refractivity contribution in [1.82, 2.24) is 9.55 Å². The first kappa shape index (κ1) is 15.1. The Hall–Kier alpha value is -1.85. The predicted octanol–water partition coefficient (Wildman–Crippen LogP) is 4.28. The number of thioether (sulfide) groups is 1. The van der Waals surface area contributed by atoms with Gasteiger partial charge >= 0.3 is 0 Å². The van der Waals surface area contributed by atoms with Crippen molar-refractivity contribution in [2.45, 2.75) is 18.6 Å². The lowest BCUT2D eigenvalue weighted by molar-refractivity contribution is 0.636. The van der Waals surface area contributed by atoms with Crippen LogP contribution in [0.3, 0.4) is 0 Å². The van der Waals surface area contributed by atoms with E-state index in [4.69, 9.17) is 0 Å². The maximum absolute atomic E-state index is 12.4. The van der Waals surface area contributed by atoms with E-state index in [1.165, 1.54) is 16.9 Å². The normalized spacial score (nSPS) is 11.5. The quantitative estimate of drug-likeness (QED) is 0.518. The third-order valence-electron chi connectivity index (χ3n) is 3.27. The zero-order chi connectivity index (χ0) is 15.4. The number of fused-ring (bicyclic) bond motifs is 1. The molecule has 0 amide bonds. The van der Waals surface area contributed by atoms with E-state index in [1.54, 1.807) is 16.3 Å². The van der Waals surface area contributed by atoms with Gasteiger partial charge in [0.15, 0.2) is 5.16 Å². The highest BCUT2D eigenvalue weighted by atomic mass is 32.2. The Morgan fingerprint density at radius 3 is 2.86 bits per heavy atom. The highest BCUT2D eigenvalue weighted by molar-refractivity contribution is 7.99. The smallest absolute Gasteiger partial charge is 0.272 e. The molecule has 5 heteroatoms. The van der Waals surface area contributed by atoms with Crippen molar-refractivity contribution >= 4 is 39.4 Å². The first-order valence-corrected chi connectivity index (χ1v) is 8.98. The summed E-state index contributed by atoms with van der Waals surface area (Å²) < 4.78 is 2.49. The van der Waals surface area contributed by atoms with Crippen molar-refractivity contribution in [3.8, 4) is 0 Å². The number of rotatable bonds is 5. The van der Waals surface area contributed by atoms with Gasteiger partial charge in [-0.05, 0) is 23.9 Å². The SMILES string of the molecule is CCn1c(SC/C=C/c2ccccc2)nc2ccsc2c1=O. The zero-order valence-electron chi connectivity index (χ0n) is 12.2. The topological polar surface area (TPSA) is 34.9 Å². The molecular formula is C17H16N2OS2. The maximum Gasteiger partial charge on any atom is 0.272 e. The first-order valence-electron chi connectivity index (χ1n) is 7.12. The van der Waals surface area contributed by atoms with Crippen LogP contribution < -0.4 is 5.56 Å². The zero-order valence-corrected chi connectivity index (χ0v) is 13.9. The lowest BCUT2D eigenvalue weighted by atomic mass is 10.2. The predicted molar refractivity (Wildman–Crippen MR) is 95.8 cm³/mol. The largest absolute Gasteiger partial charge is 0.287 e. The van der Waals surface area contributed by atoms with Gasteiger partial charge in [-0.25, -0.2) is 4.98 Å². The summed E-state index contributed by atoms with van der Waals surface area (Å²) in [4.78, 5) is 17.0. The van der Waals surface area contributed by atoms with Gasteiger partial charge in [0, 0.05) is 12.3 Å². The van der Waals surface area contributed by atoms with Crippen LogP contribution in [-0.2, 0) is 6.54 Å². The van der Waals surface area contributed by atoms with E-state index >= 15 is 0 Å². The van der Waals surface area contributed by atoms with Crippen LogP contribution in [0, 0.1) is 0 Å². The second kappa shape index (κ2) is 6.94. The Kier molecular flexibility index (Phi) is 4.75. The standard InChI is InChI=1S/C17H16N2OS2/c1-2-19-16(20)15-14(10-12-21-15)18-17(19)22-11-6-9-13-7-4-3-5-8-13/h3-10,12H,2,11H2,1H3/b9-6+. The lowest BCUT2D eigenvalue weighted by Gasteiger charge is -2.08. The molecule has 0 N–H and O–H groups in total. The molecule has 3 aromatic rings. The minimum absolute atomic E-state index is 0.0667. The van der Waals surface area contributed by atoms with Crippen LogP contribution in [0.5, 0.6) is 0 Å². The van der Waals surface area contributed by atoms with E-state index < -0.39 is 0 Å². The van der Waals surface area contributed by atoms with E-state index in [1.807, 2.05) is 36.6 Å². The molecular weight excluding hydrogens is 312 g/mol. The molecule has 112 valence electrons. The second-order valence-corrected chi connectivity index (χ2v) is 6.61. The van der Waals surface area contributed by atoms with Gasteiger partial charge in [0.25, 0.3) is 5.56 Å². The minimum atomic E-state index is 0.0667. The number of thiophene rings is 1. The van der Waals surface area contributed by atoms with Crippen LogP contribution in [-0.4, -0.2) is 15.3 Å². The summed E-state index contributed by atoms with van der Waals surface area (Å²) in [6.07, 6.45) is 4.19. The molecule has 0 unspecified atom stereocenters. The fourth-order valence-corrected chi connectivity index (χ4v) is 3.83. The highest BCUT2D eigenvalue weighted by Gasteiger charge is 2.10. The summed E-state index contributed by atoms with van der Waals surface area (Å²) in [5.74, 6) is 0.789. The van der Waals surface area contributed by atoms with Crippen molar-refractivity contribution in [2.75, 3.05) is 5.75 Å². The van der Waals surface area contributed by atoms with Gasteiger partial charge in [0.1, 0.15) is 4.70 Å². The molecule has 2 aromatic heterocycles. The summed E-state index contributed by atoms with van der Waals surface area (Å²) in [5.41, 5.74) is 2.04. The molecule has 0 saturated carbocycles. The number of aromatic nitrogens is 2. The summed E-state index contributed by atoms with van der Waals surface area (Å²) in [6.45, 7) is 2.62. The van der Waals surface area contributed by atoms with Crippen molar-refractivity contribution in [3.63, 3.8) is 0 Å². The molecule has 0 saturated heterocycles. The molecule has 0 bridgehead atoms. The van der Waals surface area contributed by atoms with Crippen molar-refractivity contribution in [2.24, 2.45) is 0 Å². The van der Waals surface area contributed by atoms with E-state index in [2.05, 4.69) is 29.3 Å². The molecule has 0 fully saturated rings. The molecule has 0 aliphatic heterocycles. The molecule has 0 radical (unpaired) electrons. The fraction of sp³-hybridized carbons (Fsp3) is 0.176. The van der Waals surface area contributed by atoms with Crippen molar-refractivity contribution in [3.05, 3.63) is 63.8 Å². The van der Waals surface area contributed by atoms with Crippen LogP contribution in [0.2, 0.25) is 0 Å². The molecule has 2 heterocycles. The average Bonchev–Trinajstić information content (AvgIpc) is 3.01. The Morgan fingerprint density at radius 2 is 2.09 bits per heavy atom. The van der Waals surface area contributed by atoms with Crippen LogP contribution in [0.25, 0.3) is 16.3 Å². The van der Waals surface area contributed by atoms with Gasteiger partial charge in [0.05, 0.1) is 5.52 Å². The van der Waals surface area contributed by atoms with Gasteiger partial charge < -0.3 is 0 Å². The third kappa shape index (κ3) is 3.15. The number of hydrogen-bond acceptors (Lipinski definition) is 4. The van der Waals surface area contributed by atoms with E-state index in [0.717, 1.165) is 21.1 Å². The Labute approximate surface area is 137 Å². The molecule has 1 aromatic carbocycles. The number of hydrogen-bond donors (Lipinski definition) is 0. The van der Waals surface area contributed by atoms with E-state index in [9.17, 15) is 4.79 Å². The molecule has 0 aliphatic carbocycles. The van der Waals surface area contributed by atoms with Gasteiger partial charge in [-0.3, -0.25) is 9.36 Å². The lowest BCUT2D eigenvalue weighted by Crippen LogP contribution is -2.21. The fourth-order valence-electron chi connectivity index (χ4n) is 2.18. The van der Waals surface area contributed by atoms with Crippen LogP contribution in [0.15, 0.2) is 57.8 Å². The van der Waals surface area contributed by atoms with Crippen LogP contribution in [0.4, 0.5) is 0 Å². The molecule has 0 atom stereocenters. The van der Waals surface area contributed by atoms with Crippen molar-refractivity contribution in [1.29, 1.82) is 0 Å². The van der Waals surface area contributed by atoms with Gasteiger partial charge in [0.2, 0.25) is 0 Å². The average molecular weight is 328 g/mol. The molecule has 0 spiro atoms. The maximum atomic E-state index is 12.4. The number of nitrogens with zero attached hydrogens (tertiary/aromatic N) is 2.